The fraction of sp³-hybridized carbons (Fsp3) is 0.700. The molecule has 2 nitrogen and oxygen atoms in total. The SMILES string of the molecule is Cc1nc(CN(C)CC(C)Cl)sc1C. The molecule has 0 N–H and O–H groups in total. The van der Waals surface area contributed by atoms with E-state index in [2.05, 4.69) is 30.8 Å². The largest absolute Gasteiger partial charge is 0.298 e. The fourth-order valence-electron chi connectivity index (χ4n) is 1.33. The molecule has 0 amide bonds. The number of rotatable bonds is 4. The lowest BCUT2D eigenvalue weighted by atomic mass is 10.4. The van der Waals surface area contributed by atoms with Crippen LogP contribution in [0.3, 0.4) is 0 Å². The third-order valence-corrected chi connectivity index (χ3v) is 3.24. The molecule has 80 valence electrons. The van der Waals surface area contributed by atoms with E-state index >= 15 is 0 Å². The van der Waals surface area contributed by atoms with E-state index in [0.717, 1.165) is 18.8 Å². The van der Waals surface area contributed by atoms with Crippen LogP contribution in [0.5, 0.6) is 0 Å². The van der Waals surface area contributed by atoms with Gasteiger partial charge in [-0.3, -0.25) is 4.90 Å². The van der Waals surface area contributed by atoms with Crippen LogP contribution in [-0.4, -0.2) is 28.9 Å². The first-order valence-corrected chi connectivity index (χ1v) is 6.00. The van der Waals surface area contributed by atoms with Gasteiger partial charge in [-0.15, -0.1) is 22.9 Å². The lowest BCUT2D eigenvalue weighted by Gasteiger charge is -2.15. The Morgan fingerprint density at radius 1 is 1.50 bits per heavy atom. The van der Waals surface area contributed by atoms with Gasteiger partial charge in [-0.05, 0) is 27.8 Å². The number of hydrogen-bond donors (Lipinski definition) is 0. The van der Waals surface area contributed by atoms with Crippen molar-refractivity contribution in [1.29, 1.82) is 0 Å². The molecule has 0 aliphatic carbocycles. The van der Waals surface area contributed by atoms with Crippen molar-refractivity contribution in [3.63, 3.8) is 0 Å². The summed E-state index contributed by atoms with van der Waals surface area (Å²) in [4.78, 5) is 8.01. The maximum atomic E-state index is 5.92. The molecule has 1 heterocycles. The first-order valence-electron chi connectivity index (χ1n) is 4.74. The molecule has 0 saturated heterocycles. The zero-order chi connectivity index (χ0) is 10.7. The Hall–Kier alpha value is -0.120. The van der Waals surface area contributed by atoms with Crippen LogP contribution in [0, 0.1) is 13.8 Å². The summed E-state index contributed by atoms with van der Waals surface area (Å²) >= 11 is 7.69. The number of aromatic nitrogens is 1. The minimum absolute atomic E-state index is 0.196. The van der Waals surface area contributed by atoms with E-state index in [1.807, 2.05) is 6.92 Å². The Morgan fingerprint density at radius 2 is 2.14 bits per heavy atom. The van der Waals surface area contributed by atoms with Crippen molar-refractivity contribution in [1.82, 2.24) is 9.88 Å². The van der Waals surface area contributed by atoms with Gasteiger partial charge in [-0.25, -0.2) is 4.98 Å². The molecule has 0 spiro atoms. The Kier molecular flexibility index (Phi) is 4.35. The summed E-state index contributed by atoms with van der Waals surface area (Å²) in [6.07, 6.45) is 0. The Morgan fingerprint density at radius 3 is 2.57 bits per heavy atom. The molecule has 0 aliphatic heterocycles. The van der Waals surface area contributed by atoms with Crippen molar-refractivity contribution >= 4 is 22.9 Å². The normalized spacial score (nSPS) is 13.6. The van der Waals surface area contributed by atoms with E-state index in [1.165, 1.54) is 9.88 Å². The minimum atomic E-state index is 0.196. The molecule has 1 aromatic heterocycles. The van der Waals surface area contributed by atoms with Crippen LogP contribution < -0.4 is 0 Å². The van der Waals surface area contributed by atoms with Crippen molar-refractivity contribution in [2.75, 3.05) is 13.6 Å². The zero-order valence-corrected chi connectivity index (χ0v) is 10.7. The zero-order valence-electron chi connectivity index (χ0n) is 9.17. The van der Waals surface area contributed by atoms with E-state index in [1.54, 1.807) is 11.3 Å². The van der Waals surface area contributed by atoms with E-state index in [4.69, 9.17) is 11.6 Å². The molecule has 0 bridgehead atoms. The lowest BCUT2D eigenvalue weighted by Crippen LogP contribution is -2.24. The first-order chi connectivity index (χ1) is 6.49. The second kappa shape index (κ2) is 5.10. The minimum Gasteiger partial charge on any atom is -0.298 e. The predicted molar refractivity (Wildman–Crippen MR) is 63.2 cm³/mol. The van der Waals surface area contributed by atoms with E-state index < -0.39 is 0 Å². The summed E-state index contributed by atoms with van der Waals surface area (Å²) in [5.41, 5.74) is 1.15. The van der Waals surface area contributed by atoms with Crippen molar-refractivity contribution in [3.8, 4) is 0 Å². The third-order valence-electron chi connectivity index (χ3n) is 2.04. The third kappa shape index (κ3) is 3.56. The topological polar surface area (TPSA) is 16.1 Å². The molecule has 1 aromatic rings. The van der Waals surface area contributed by atoms with Gasteiger partial charge in [0.2, 0.25) is 0 Å². The monoisotopic (exact) mass is 232 g/mol. The van der Waals surface area contributed by atoms with Crippen LogP contribution in [0.25, 0.3) is 0 Å². The maximum Gasteiger partial charge on any atom is 0.107 e. The van der Waals surface area contributed by atoms with Gasteiger partial charge < -0.3 is 0 Å². The van der Waals surface area contributed by atoms with E-state index in [0.29, 0.717) is 0 Å². The Bertz CT molecular complexity index is 277. The molecular formula is C10H17ClN2S. The Balaban J connectivity index is 2.51. The summed E-state index contributed by atoms with van der Waals surface area (Å²) in [7, 11) is 2.07. The van der Waals surface area contributed by atoms with Gasteiger partial charge in [-0.1, -0.05) is 0 Å². The molecule has 1 rings (SSSR count). The van der Waals surface area contributed by atoms with Gasteiger partial charge in [0.05, 0.1) is 12.2 Å². The summed E-state index contributed by atoms with van der Waals surface area (Å²) in [6, 6.07) is 0. The van der Waals surface area contributed by atoms with Crippen molar-refractivity contribution in [2.45, 2.75) is 32.7 Å². The molecule has 0 radical (unpaired) electrons. The highest BCUT2D eigenvalue weighted by molar-refractivity contribution is 7.11. The van der Waals surface area contributed by atoms with Gasteiger partial charge in [-0.2, -0.15) is 0 Å². The predicted octanol–water partition coefficient (Wildman–Crippen LogP) is 2.82. The highest BCUT2D eigenvalue weighted by Gasteiger charge is 2.08. The van der Waals surface area contributed by atoms with E-state index in [9.17, 15) is 0 Å². The molecule has 0 aliphatic rings. The number of nitrogens with zero attached hydrogens (tertiary/aromatic N) is 2. The van der Waals surface area contributed by atoms with Gasteiger partial charge in [0.1, 0.15) is 5.01 Å². The number of thiazole rings is 1. The standard InChI is InChI=1S/C10H17ClN2S/c1-7(11)5-13(4)6-10-12-8(2)9(3)14-10/h7H,5-6H2,1-4H3. The van der Waals surface area contributed by atoms with Crippen LogP contribution in [0.1, 0.15) is 22.5 Å². The molecular weight excluding hydrogens is 216 g/mol. The highest BCUT2D eigenvalue weighted by atomic mass is 35.5. The van der Waals surface area contributed by atoms with Crippen LogP contribution in [-0.2, 0) is 6.54 Å². The highest BCUT2D eigenvalue weighted by Crippen LogP contribution is 2.17. The van der Waals surface area contributed by atoms with Gasteiger partial charge in [0, 0.05) is 16.8 Å². The second-order valence-electron chi connectivity index (χ2n) is 3.73. The lowest BCUT2D eigenvalue weighted by molar-refractivity contribution is 0.329. The number of alkyl halides is 1. The van der Waals surface area contributed by atoms with E-state index in [-0.39, 0.29) is 5.38 Å². The Labute approximate surface area is 94.9 Å². The number of hydrogen-bond acceptors (Lipinski definition) is 3. The number of halogens is 1. The first kappa shape index (κ1) is 12.0. The molecule has 1 unspecified atom stereocenters. The number of aryl methyl sites for hydroxylation is 2. The van der Waals surface area contributed by atoms with Gasteiger partial charge >= 0.3 is 0 Å². The summed E-state index contributed by atoms with van der Waals surface area (Å²) < 4.78 is 0. The van der Waals surface area contributed by atoms with Crippen molar-refractivity contribution in [2.24, 2.45) is 0 Å². The fourth-order valence-corrected chi connectivity index (χ4v) is 2.58. The molecule has 14 heavy (non-hydrogen) atoms. The van der Waals surface area contributed by atoms with Crippen LogP contribution in [0.15, 0.2) is 0 Å². The van der Waals surface area contributed by atoms with Crippen LogP contribution in [0.2, 0.25) is 0 Å². The summed E-state index contributed by atoms with van der Waals surface area (Å²) in [5, 5.41) is 1.38. The molecule has 4 heteroatoms. The van der Waals surface area contributed by atoms with Crippen molar-refractivity contribution in [3.05, 3.63) is 15.6 Å². The van der Waals surface area contributed by atoms with Crippen molar-refractivity contribution < 1.29 is 0 Å². The van der Waals surface area contributed by atoms with Gasteiger partial charge in [0.15, 0.2) is 0 Å². The maximum absolute atomic E-state index is 5.92. The van der Waals surface area contributed by atoms with Crippen LogP contribution in [0.4, 0.5) is 0 Å². The second-order valence-corrected chi connectivity index (χ2v) is 5.76. The molecule has 1 atom stereocenters. The average molecular weight is 233 g/mol. The quantitative estimate of drug-likeness (QED) is 0.743. The summed E-state index contributed by atoms with van der Waals surface area (Å²) in [5.74, 6) is 0. The van der Waals surface area contributed by atoms with Gasteiger partial charge in [0.25, 0.3) is 0 Å². The summed E-state index contributed by atoms with van der Waals surface area (Å²) in [6.45, 7) is 7.98. The smallest absolute Gasteiger partial charge is 0.107 e. The molecule has 0 saturated carbocycles. The van der Waals surface area contributed by atoms with Crippen LogP contribution >= 0.6 is 22.9 Å². The average Bonchev–Trinajstić information content (AvgIpc) is 2.28. The molecule has 0 fully saturated rings. The molecule has 0 aromatic carbocycles.